The molecule has 0 aromatic rings. The van der Waals surface area contributed by atoms with Crippen molar-refractivity contribution in [3.8, 4) is 0 Å². The second-order valence-electron chi connectivity index (χ2n) is 5.06. The van der Waals surface area contributed by atoms with Crippen molar-refractivity contribution in [3.63, 3.8) is 0 Å². The molecule has 0 nitrogen and oxygen atoms in total. The summed E-state index contributed by atoms with van der Waals surface area (Å²) in [6, 6.07) is 0. The maximum Gasteiger partial charge on any atom is -0.0206 e. The predicted molar refractivity (Wildman–Crippen MR) is 64.4 cm³/mol. The van der Waals surface area contributed by atoms with E-state index in [-0.39, 0.29) is 0 Å². The Morgan fingerprint density at radius 3 is 2.64 bits per heavy atom. The minimum atomic E-state index is 0.898. The topological polar surface area (TPSA) is 0 Å². The zero-order valence-electron chi connectivity index (χ0n) is 10.2. The molecule has 1 fully saturated rings. The zero-order chi connectivity index (χ0) is 10.4. The fourth-order valence-corrected chi connectivity index (χ4v) is 1.95. The maximum atomic E-state index is 2.49. The van der Waals surface area contributed by atoms with Crippen molar-refractivity contribution in [2.75, 3.05) is 0 Å². The fourth-order valence-electron chi connectivity index (χ4n) is 1.95. The van der Waals surface area contributed by atoms with E-state index in [4.69, 9.17) is 0 Å². The van der Waals surface area contributed by atoms with Crippen LogP contribution in [-0.4, -0.2) is 0 Å². The normalized spacial score (nSPS) is 19.8. The maximum absolute atomic E-state index is 2.49. The van der Waals surface area contributed by atoms with Gasteiger partial charge in [0, 0.05) is 0 Å². The van der Waals surface area contributed by atoms with E-state index < -0.39 is 0 Å². The molecule has 1 atom stereocenters. The summed E-state index contributed by atoms with van der Waals surface area (Å²) >= 11 is 0. The van der Waals surface area contributed by atoms with Crippen LogP contribution in [0.15, 0.2) is 11.6 Å². The molecule has 0 N–H and O–H groups in total. The van der Waals surface area contributed by atoms with Gasteiger partial charge in [-0.15, -0.1) is 0 Å². The second-order valence-corrected chi connectivity index (χ2v) is 5.06. The van der Waals surface area contributed by atoms with Gasteiger partial charge in [-0.3, -0.25) is 0 Å². The van der Waals surface area contributed by atoms with Gasteiger partial charge in [-0.2, -0.15) is 0 Å². The molecule has 14 heavy (non-hydrogen) atoms. The van der Waals surface area contributed by atoms with Gasteiger partial charge in [-0.1, -0.05) is 51.2 Å². The van der Waals surface area contributed by atoms with Crippen LogP contribution in [0.25, 0.3) is 0 Å². The number of hydrogen-bond donors (Lipinski definition) is 0. The molecule has 0 aromatic carbocycles. The minimum Gasteiger partial charge on any atom is -0.0851 e. The molecule has 1 aliphatic carbocycles. The van der Waals surface area contributed by atoms with Crippen LogP contribution in [0, 0.1) is 11.8 Å². The van der Waals surface area contributed by atoms with Crippen LogP contribution in [0.1, 0.15) is 65.7 Å². The van der Waals surface area contributed by atoms with Gasteiger partial charge >= 0.3 is 0 Å². The van der Waals surface area contributed by atoms with Crippen molar-refractivity contribution in [2.45, 2.75) is 65.7 Å². The molecule has 1 rings (SSSR count). The van der Waals surface area contributed by atoms with Crippen LogP contribution in [0.3, 0.4) is 0 Å². The van der Waals surface area contributed by atoms with Crippen molar-refractivity contribution in [2.24, 2.45) is 11.8 Å². The molecule has 0 heterocycles. The highest BCUT2D eigenvalue weighted by Crippen LogP contribution is 2.36. The Bertz CT molecular complexity index is 174. The monoisotopic (exact) mass is 194 g/mol. The summed E-state index contributed by atoms with van der Waals surface area (Å²) in [6.07, 6.45) is 12.3. The fraction of sp³-hybridized carbons (Fsp3) is 0.857. The molecule has 0 spiro atoms. The van der Waals surface area contributed by atoms with Gasteiger partial charge in [-0.05, 0) is 38.0 Å². The first-order valence-electron chi connectivity index (χ1n) is 6.40. The third kappa shape index (κ3) is 4.83. The first-order valence-corrected chi connectivity index (χ1v) is 6.40. The van der Waals surface area contributed by atoms with Gasteiger partial charge in [0.15, 0.2) is 0 Å². The van der Waals surface area contributed by atoms with Gasteiger partial charge in [0.1, 0.15) is 0 Å². The van der Waals surface area contributed by atoms with Crippen LogP contribution >= 0.6 is 0 Å². The highest BCUT2D eigenvalue weighted by molar-refractivity contribution is 5.09. The first kappa shape index (κ1) is 11.8. The first-order chi connectivity index (χ1) is 6.74. The second kappa shape index (κ2) is 6.27. The number of rotatable bonds is 7. The predicted octanol–water partition coefficient (Wildman–Crippen LogP) is 4.95. The lowest BCUT2D eigenvalue weighted by molar-refractivity contribution is 0.499. The Kier molecular flexibility index (Phi) is 5.29. The van der Waals surface area contributed by atoms with E-state index in [1.54, 1.807) is 5.57 Å². The summed E-state index contributed by atoms with van der Waals surface area (Å²) in [4.78, 5) is 0. The molecule has 0 heteroatoms. The minimum absolute atomic E-state index is 0.898. The van der Waals surface area contributed by atoms with Gasteiger partial charge in [-0.25, -0.2) is 0 Å². The molecular formula is C14H26. The van der Waals surface area contributed by atoms with E-state index in [9.17, 15) is 0 Å². The van der Waals surface area contributed by atoms with Crippen molar-refractivity contribution >= 4 is 0 Å². The Hall–Kier alpha value is -0.260. The number of unbranched alkanes of at least 4 members (excludes halogenated alkanes) is 2. The van der Waals surface area contributed by atoms with E-state index >= 15 is 0 Å². The van der Waals surface area contributed by atoms with Crippen molar-refractivity contribution < 1.29 is 0 Å². The van der Waals surface area contributed by atoms with Crippen molar-refractivity contribution in [3.05, 3.63) is 11.6 Å². The standard InChI is InChI=1S/C14H26/c1-4-5-6-7-12(2)8-9-13(3)14-10-11-14/h9,12,14H,4-8,10-11H2,1-3H3. The molecule has 82 valence electrons. The van der Waals surface area contributed by atoms with Crippen molar-refractivity contribution in [1.82, 2.24) is 0 Å². The largest absolute Gasteiger partial charge is 0.0851 e. The lowest BCUT2D eigenvalue weighted by Crippen LogP contribution is -1.93. The number of allylic oxidation sites excluding steroid dienone is 2. The molecule has 0 saturated heterocycles. The Morgan fingerprint density at radius 1 is 1.36 bits per heavy atom. The molecule has 0 aromatic heterocycles. The molecule has 0 bridgehead atoms. The van der Waals surface area contributed by atoms with Crippen LogP contribution in [0.5, 0.6) is 0 Å². The van der Waals surface area contributed by atoms with E-state index in [2.05, 4.69) is 26.8 Å². The third-order valence-electron chi connectivity index (χ3n) is 3.36. The molecule has 1 unspecified atom stereocenters. The summed E-state index contributed by atoms with van der Waals surface area (Å²) in [6.45, 7) is 6.99. The Labute approximate surface area is 89.8 Å². The summed E-state index contributed by atoms with van der Waals surface area (Å²) in [5.74, 6) is 1.87. The van der Waals surface area contributed by atoms with Gasteiger partial charge in [0.2, 0.25) is 0 Å². The highest BCUT2D eigenvalue weighted by atomic mass is 14.3. The number of hydrogen-bond acceptors (Lipinski definition) is 0. The summed E-state index contributed by atoms with van der Waals surface area (Å²) in [5.41, 5.74) is 1.66. The van der Waals surface area contributed by atoms with Crippen LogP contribution in [0.4, 0.5) is 0 Å². The average molecular weight is 194 g/mol. The Balaban J connectivity index is 2.06. The van der Waals surface area contributed by atoms with Crippen LogP contribution in [0.2, 0.25) is 0 Å². The molecule has 1 saturated carbocycles. The van der Waals surface area contributed by atoms with Gasteiger partial charge in [0.05, 0.1) is 0 Å². The summed E-state index contributed by atoms with van der Waals surface area (Å²) in [7, 11) is 0. The van der Waals surface area contributed by atoms with Gasteiger partial charge in [0.25, 0.3) is 0 Å². The highest BCUT2D eigenvalue weighted by Gasteiger charge is 2.22. The van der Waals surface area contributed by atoms with E-state index in [1.807, 2.05) is 0 Å². The zero-order valence-corrected chi connectivity index (χ0v) is 10.2. The van der Waals surface area contributed by atoms with Crippen molar-refractivity contribution in [1.29, 1.82) is 0 Å². The third-order valence-corrected chi connectivity index (χ3v) is 3.36. The molecular weight excluding hydrogens is 168 g/mol. The lowest BCUT2D eigenvalue weighted by atomic mass is 9.98. The average Bonchev–Trinajstić information content (AvgIpc) is 2.98. The van der Waals surface area contributed by atoms with Gasteiger partial charge < -0.3 is 0 Å². The molecule has 0 amide bonds. The molecule has 0 aliphatic heterocycles. The quantitative estimate of drug-likeness (QED) is 0.397. The molecule has 0 radical (unpaired) electrons. The van der Waals surface area contributed by atoms with E-state index in [0.717, 1.165) is 11.8 Å². The lowest BCUT2D eigenvalue weighted by Gasteiger charge is -2.08. The van der Waals surface area contributed by atoms with E-state index in [0.29, 0.717) is 0 Å². The SMILES string of the molecule is CCCCCC(C)CC=C(C)C1CC1. The molecule has 1 aliphatic rings. The van der Waals surface area contributed by atoms with Crippen LogP contribution in [-0.2, 0) is 0 Å². The summed E-state index contributed by atoms with van der Waals surface area (Å²) < 4.78 is 0. The smallest absolute Gasteiger partial charge is 0.0206 e. The van der Waals surface area contributed by atoms with E-state index in [1.165, 1.54) is 44.9 Å². The van der Waals surface area contributed by atoms with Crippen LogP contribution < -0.4 is 0 Å². The Morgan fingerprint density at radius 2 is 2.07 bits per heavy atom. The summed E-state index contributed by atoms with van der Waals surface area (Å²) in [5, 5.41) is 0.